The van der Waals surface area contributed by atoms with E-state index in [4.69, 9.17) is 4.74 Å². The van der Waals surface area contributed by atoms with Gasteiger partial charge in [0.15, 0.2) is 6.10 Å². The summed E-state index contributed by atoms with van der Waals surface area (Å²) in [4.78, 5) is 0. The van der Waals surface area contributed by atoms with Crippen LogP contribution < -0.4 is 0 Å². The van der Waals surface area contributed by atoms with E-state index in [9.17, 15) is 5.11 Å². The zero-order valence-electron chi connectivity index (χ0n) is 17.2. The number of aliphatic hydroxyl groups excluding tert-OH is 1. The number of aromatic nitrogens is 3. The zero-order valence-corrected chi connectivity index (χ0v) is 17.2. The molecule has 2 aromatic carbocycles. The van der Waals surface area contributed by atoms with Crippen molar-refractivity contribution in [2.24, 2.45) is 5.41 Å². The molecule has 0 bridgehead atoms. The standard InChI is InChI=1S/C24H25N3O2/c1-5-29-24(22(28)16-17-23(2,3)4,18-15-19-11-7-6-8-12-19)27-21-14-10-9-13-20(21)25-26-27/h6-14,22,28H,5H2,1-4H3. The smallest absolute Gasteiger partial charge is 0.264 e. The molecule has 0 amide bonds. The van der Waals surface area contributed by atoms with Gasteiger partial charge in [-0.25, -0.2) is 0 Å². The predicted molar refractivity (Wildman–Crippen MR) is 114 cm³/mol. The fourth-order valence-corrected chi connectivity index (χ4v) is 2.81. The second-order valence-corrected chi connectivity index (χ2v) is 7.66. The first kappa shape index (κ1) is 20.6. The number of nitrogens with zero attached hydrogens (tertiary/aromatic N) is 3. The van der Waals surface area contributed by atoms with Crippen molar-refractivity contribution in [3.8, 4) is 23.7 Å². The lowest BCUT2D eigenvalue weighted by Crippen LogP contribution is -2.47. The van der Waals surface area contributed by atoms with E-state index in [1.165, 1.54) is 4.68 Å². The van der Waals surface area contributed by atoms with Crippen LogP contribution in [0.3, 0.4) is 0 Å². The maximum absolute atomic E-state index is 11.2. The molecule has 148 valence electrons. The van der Waals surface area contributed by atoms with Crippen molar-refractivity contribution >= 4 is 11.0 Å². The van der Waals surface area contributed by atoms with Crippen molar-refractivity contribution in [3.05, 3.63) is 60.2 Å². The Bertz CT molecular complexity index is 1090. The summed E-state index contributed by atoms with van der Waals surface area (Å²) in [7, 11) is 0. The normalized spacial score (nSPS) is 14.2. The van der Waals surface area contributed by atoms with E-state index < -0.39 is 11.8 Å². The second-order valence-electron chi connectivity index (χ2n) is 7.66. The highest BCUT2D eigenvalue weighted by Crippen LogP contribution is 2.27. The minimum Gasteiger partial charge on any atom is -0.374 e. The van der Waals surface area contributed by atoms with Crippen LogP contribution in [-0.4, -0.2) is 32.8 Å². The number of aliphatic hydroxyl groups is 1. The fourth-order valence-electron chi connectivity index (χ4n) is 2.81. The van der Waals surface area contributed by atoms with Gasteiger partial charge in [-0.1, -0.05) is 53.3 Å². The molecule has 3 aromatic rings. The van der Waals surface area contributed by atoms with Gasteiger partial charge in [-0.15, -0.1) is 5.10 Å². The Hall–Kier alpha value is -3.12. The summed E-state index contributed by atoms with van der Waals surface area (Å²) >= 11 is 0. The maximum atomic E-state index is 11.2. The van der Waals surface area contributed by atoms with E-state index in [2.05, 4.69) is 34.0 Å². The van der Waals surface area contributed by atoms with Crippen LogP contribution in [-0.2, 0) is 10.5 Å². The summed E-state index contributed by atoms with van der Waals surface area (Å²) < 4.78 is 7.60. The van der Waals surface area contributed by atoms with Crippen LogP contribution in [0, 0.1) is 29.1 Å². The first-order chi connectivity index (χ1) is 13.9. The van der Waals surface area contributed by atoms with E-state index in [-0.39, 0.29) is 5.41 Å². The highest BCUT2D eigenvalue weighted by Gasteiger charge is 2.41. The summed E-state index contributed by atoms with van der Waals surface area (Å²) in [6, 6.07) is 17.0. The minimum absolute atomic E-state index is 0.282. The van der Waals surface area contributed by atoms with Gasteiger partial charge >= 0.3 is 0 Å². The van der Waals surface area contributed by atoms with Crippen molar-refractivity contribution in [2.75, 3.05) is 6.61 Å². The Morgan fingerprint density at radius 3 is 2.41 bits per heavy atom. The molecule has 0 fully saturated rings. The summed E-state index contributed by atoms with van der Waals surface area (Å²) in [5, 5.41) is 19.7. The molecule has 2 atom stereocenters. The molecule has 0 aliphatic heterocycles. The van der Waals surface area contributed by atoms with Crippen LogP contribution in [0.25, 0.3) is 11.0 Å². The number of hydrogen-bond donors (Lipinski definition) is 1. The molecule has 0 saturated carbocycles. The largest absolute Gasteiger partial charge is 0.374 e. The first-order valence-corrected chi connectivity index (χ1v) is 9.59. The average Bonchev–Trinajstić information content (AvgIpc) is 3.14. The highest BCUT2D eigenvalue weighted by atomic mass is 16.5. The number of hydrogen-bond acceptors (Lipinski definition) is 4. The number of benzene rings is 2. The Balaban J connectivity index is 2.22. The quantitative estimate of drug-likeness (QED) is 0.695. The molecule has 0 aliphatic carbocycles. The maximum Gasteiger partial charge on any atom is 0.264 e. The van der Waals surface area contributed by atoms with Crippen LogP contribution in [0.1, 0.15) is 33.3 Å². The SMILES string of the molecule is CCOC(C#Cc1ccccc1)(C(O)C#CC(C)(C)C)n1nnc2ccccc21. The molecule has 0 spiro atoms. The molecule has 1 heterocycles. The molecule has 0 saturated heterocycles. The molecule has 2 unspecified atom stereocenters. The number of para-hydroxylation sites is 1. The third kappa shape index (κ3) is 4.66. The minimum atomic E-state index is -1.50. The van der Waals surface area contributed by atoms with Gasteiger partial charge in [0.1, 0.15) is 5.52 Å². The molecule has 0 radical (unpaired) electrons. The van der Waals surface area contributed by atoms with Crippen molar-refractivity contribution in [3.63, 3.8) is 0 Å². The van der Waals surface area contributed by atoms with Gasteiger partial charge < -0.3 is 9.84 Å². The van der Waals surface area contributed by atoms with Gasteiger partial charge in [-0.05, 0) is 57.9 Å². The summed E-state index contributed by atoms with van der Waals surface area (Å²) in [5.41, 5.74) is 0.417. The number of fused-ring (bicyclic) bond motifs is 1. The highest BCUT2D eigenvalue weighted by molar-refractivity contribution is 5.74. The summed E-state index contributed by atoms with van der Waals surface area (Å²) in [5.74, 6) is 12.2. The molecular weight excluding hydrogens is 362 g/mol. The fraction of sp³-hybridized carbons (Fsp3) is 0.333. The van der Waals surface area contributed by atoms with E-state index in [0.717, 1.165) is 5.56 Å². The second kappa shape index (κ2) is 8.49. The van der Waals surface area contributed by atoms with E-state index in [0.29, 0.717) is 17.6 Å². The monoisotopic (exact) mass is 387 g/mol. The van der Waals surface area contributed by atoms with Crippen LogP contribution in [0.4, 0.5) is 0 Å². The van der Waals surface area contributed by atoms with Crippen molar-refractivity contribution in [1.82, 2.24) is 15.0 Å². The Morgan fingerprint density at radius 1 is 1.03 bits per heavy atom. The summed E-state index contributed by atoms with van der Waals surface area (Å²) in [6.07, 6.45) is -1.23. The number of rotatable bonds is 4. The zero-order chi connectivity index (χ0) is 20.9. The van der Waals surface area contributed by atoms with E-state index in [1.807, 2.05) is 82.3 Å². The molecule has 0 aliphatic rings. The van der Waals surface area contributed by atoms with Gasteiger partial charge in [0, 0.05) is 17.6 Å². The lowest BCUT2D eigenvalue weighted by Gasteiger charge is -2.31. The first-order valence-electron chi connectivity index (χ1n) is 9.59. The van der Waals surface area contributed by atoms with Crippen molar-refractivity contribution in [1.29, 1.82) is 0 Å². The summed E-state index contributed by atoms with van der Waals surface area (Å²) in [6.45, 7) is 8.11. The molecule has 1 N–H and O–H groups in total. The van der Waals surface area contributed by atoms with Crippen LogP contribution >= 0.6 is 0 Å². The Morgan fingerprint density at radius 2 is 1.72 bits per heavy atom. The Kier molecular flexibility index (Phi) is 6.03. The van der Waals surface area contributed by atoms with Crippen LogP contribution in [0.5, 0.6) is 0 Å². The number of ether oxygens (including phenoxy) is 1. The molecule has 1 aromatic heterocycles. The average molecular weight is 387 g/mol. The van der Waals surface area contributed by atoms with Gasteiger partial charge in [0.2, 0.25) is 0 Å². The van der Waals surface area contributed by atoms with Gasteiger partial charge in [0.25, 0.3) is 5.72 Å². The molecule has 3 rings (SSSR count). The third-order valence-electron chi connectivity index (χ3n) is 4.15. The van der Waals surface area contributed by atoms with Crippen molar-refractivity contribution < 1.29 is 9.84 Å². The molecule has 5 nitrogen and oxygen atoms in total. The van der Waals surface area contributed by atoms with E-state index >= 15 is 0 Å². The molecule has 5 heteroatoms. The lowest BCUT2D eigenvalue weighted by molar-refractivity contribution is -0.119. The topological polar surface area (TPSA) is 60.2 Å². The van der Waals surface area contributed by atoms with E-state index in [1.54, 1.807) is 0 Å². The molecular formula is C24H25N3O2. The van der Waals surface area contributed by atoms with Crippen molar-refractivity contribution in [2.45, 2.75) is 39.5 Å². The van der Waals surface area contributed by atoms with Crippen LogP contribution in [0.2, 0.25) is 0 Å². The predicted octanol–water partition coefficient (Wildman–Crippen LogP) is 3.58. The van der Waals surface area contributed by atoms with Gasteiger partial charge in [-0.3, -0.25) is 0 Å². The van der Waals surface area contributed by atoms with Gasteiger partial charge in [-0.2, -0.15) is 4.68 Å². The lowest BCUT2D eigenvalue weighted by atomic mass is 9.96. The third-order valence-corrected chi connectivity index (χ3v) is 4.15. The van der Waals surface area contributed by atoms with Gasteiger partial charge in [0.05, 0.1) is 5.52 Å². The Labute approximate surface area is 171 Å². The molecule has 29 heavy (non-hydrogen) atoms. The van der Waals surface area contributed by atoms with Crippen LogP contribution in [0.15, 0.2) is 54.6 Å².